The first-order valence-electron chi connectivity index (χ1n) is 8.30. The first-order chi connectivity index (χ1) is 12.8. The van der Waals surface area contributed by atoms with E-state index in [4.69, 9.17) is 0 Å². The summed E-state index contributed by atoms with van der Waals surface area (Å²) >= 11 is 0. The van der Waals surface area contributed by atoms with E-state index in [0.717, 1.165) is 18.7 Å². The zero-order valence-electron chi connectivity index (χ0n) is 14.5. The molecule has 3 rings (SSSR count). The lowest BCUT2D eigenvalue weighted by molar-refractivity contribution is -0.274. The van der Waals surface area contributed by atoms with Crippen molar-refractivity contribution in [3.05, 3.63) is 30.6 Å². The Bertz CT molecular complexity index is 777. The number of aromatic nitrogens is 3. The smallest absolute Gasteiger partial charge is 0.406 e. The van der Waals surface area contributed by atoms with E-state index in [1.807, 2.05) is 0 Å². The van der Waals surface area contributed by atoms with Crippen LogP contribution >= 0.6 is 0 Å². The second-order valence-corrected chi connectivity index (χ2v) is 6.18. The zero-order valence-corrected chi connectivity index (χ0v) is 14.5. The number of nitrogens with one attached hydrogen (secondary N) is 2. The summed E-state index contributed by atoms with van der Waals surface area (Å²) in [6.45, 7) is 1.94. The van der Waals surface area contributed by atoms with Gasteiger partial charge in [0.2, 0.25) is 5.95 Å². The van der Waals surface area contributed by atoms with Crippen molar-refractivity contribution in [2.24, 2.45) is 13.0 Å². The van der Waals surface area contributed by atoms with Crippen LogP contribution < -0.4 is 20.3 Å². The quantitative estimate of drug-likeness (QED) is 0.827. The zero-order chi connectivity index (χ0) is 19.4. The minimum atomic E-state index is -4.70. The Labute approximate surface area is 153 Å². The third-order valence-corrected chi connectivity index (χ3v) is 4.21. The number of hydrogen-bond donors (Lipinski definition) is 2. The van der Waals surface area contributed by atoms with Crippen LogP contribution in [0.4, 0.5) is 29.6 Å². The van der Waals surface area contributed by atoms with Crippen molar-refractivity contribution in [3.8, 4) is 5.75 Å². The number of urea groups is 1. The highest BCUT2D eigenvalue weighted by Crippen LogP contribution is 2.28. The predicted octanol–water partition coefficient (Wildman–Crippen LogP) is 2.36. The predicted molar refractivity (Wildman–Crippen MR) is 91.5 cm³/mol. The van der Waals surface area contributed by atoms with E-state index in [1.54, 1.807) is 19.2 Å². The fourth-order valence-corrected chi connectivity index (χ4v) is 2.88. The number of halogens is 3. The minimum Gasteiger partial charge on any atom is -0.406 e. The molecule has 1 fully saturated rings. The van der Waals surface area contributed by atoms with Gasteiger partial charge in [-0.15, -0.1) is 13.2 Å². The number of ether oxygens (including phenoxy) is 1. The van der Waals surface area contributed by atoms with Crippen molar-refractivity contribution < 1.29 is 22.7 Å². The number of benzene rings is 1. The van der Waals surface area contributed by atoms with Crippen LogP contribution in [0.5, 0.6) is 5.75 Å². The van der Waals surface area contributed by atoms with Gasteiger partial charge in [-0.1, -0.05) is 0 Å². The minimum absolute atomic E-state index is 0.237. The molecule has 0 aliphatic carbocycles. The SMILES string of the molecule is Cn1ncnc1NC(=O)NCC1CCN(c2ccc(OC(F)(F)F)cc2)C1. The van der Waals surface area contributed by atoms with Gasteiger partial charge in [-0.25, -0.2) is 9.48 Å². The number of hydrogen-bond acceptors (Lipinski definition) is 5. The molecule has 1 aliphatic heterocycles. The first-order valence-corrected chi connectivity index (χ1v) is 8.30. The molecule has 1 aliphatic rings. The van der Waals surface area contributed by atoms with Crippen LogP contribution in [-0.2, 0) is 7.05 Å². The van der Waals surface area contributed by atoms with Crippen molar-refractivity contribution in [1.82, 2.24) is 20.1 Å². The van der Waals surface area contributed by atoms with Gasteiger partial charge >= 0.3 is 12.4 Å². The number of carbonyl (C=O) groups excluding carboxylic acids is 1. The molecule has 2 heterocycles. The van der Waals surface area contributed by atoms with Gasteiger partial charge in [-0.05, 0) is 36.6 Å². The van der Waals surface area contributed by atoms with Crippen LogP contribution in [-0.4, -0.2) is 46.8 Å². The Morgan fingerprint density at radius 1 is 1.33 bits per heavy atom. The molecule has 11 heteroatoms. The van der Waals surface area contributed by atoms with E-state index in [-0.39, 0.29) is 17.7 Å². The summed E-state index contributed by atoms with van der Waals surface area (Å²) in [6.07, 6.45) is -2.49. The van der Waals surface area contributed by atoms with Crippen LogP contribution in [0.2, 0.25) is 0 Å². The topological polar surface area (TPSA) is 84.3 Å². The largest absolute Gasteiger partial charge is 0.573 e. The van der Waals surface area contributed by atoms with Gasteiger partial charge in [0.15, 0.2) is 0 Å². The summed E-state index contributed by atoms with van der Waals surface area (Å²) in [5.74, 6) is 0.340. The molecule has 1 unspecified atom stereocenters. The van der Waals surface area contributed by atoms with Crippen LogP contribution in [0.3, 0.4) is 0 Å². The van der Waals surface area contributed by atoms with Crippen molar-refractivity contribution >= 4 is 17.7 Å². The van der Waals surface area contributed by atoms with E-state index in [1.165, 1.54) is 23.1 Å². The highest BCUT2D eigenvalue weighted by atomic mass is 19.4. The monoisotopic (exact) mass is 384 g/mol. The number of anilines is 2. The molecule has 0 saturated carbocycles. The molecule has 1 atom stereocenters. The van der Waals surface area contributed by atoms with Crippen LogP contribution in [0.1, 0.15) is 6.42 Å². The maximum Gasteiger partial charge on any atom is 0.573 e. The molecule has 0 bridgehead atoms. The summed E-state index contributed by atoms with van der Waals surface area (Å²) in [5.41, 5.74) is 0.815. The van der Waals surface area contributed by atoms with Crippen molar-refractivity contribution in [1.29, 1.82) is 0 Å². The molecule has 2 amide bonds. The molecule has 8 nitrogen and oxygen atoms in total. The second kappa shape index (κ2) is 7.72. The van der Waals surface area contributed by atoms with Crippen LogP contribution in [0.25, 0.3) is 0 Å². The number of amides is 2. The molecule has 27 heavy (non-hydrogen) atoms. The number of rotatable bonds is 5. The van der Waals surface area contributed by atoms with E-state index in [9.17, 15) is 18.0 Å². The Kier molecular flexibility index (Phi) is 5.38. The maximum absolute atomic E-state index is 12.2. The lowest BCUT2D eigenvalue weighted by Gasteiger charge is -2.19. The average Bonchev–Trinajstić information content (AvgIpc) is 3.22. The Balaban J connectivity index is 1.46. The molecule has 146 valence electrons. The Morgan fingerprint density at radius 3 is 2.70 bits per heavy atom. The molecule has 1 aromatic carbocycles. The second-order valence-electron chi connectivity index (χ2n) is 6.18. The summed E-state index contributed by atoms with van der Waals surface area (Å²) in [4.78, 5) is 17.9. The van der Waals surface area contributed by atoms with Gasteiger partial charge in [-0.2, -0.15) is 10.1 Å². The van der Waals surface area contributed by atoms with Gasteiger partial charge in [0, 0.05) is 32.4 Å². The maximum atomic E-state index is 12.2. The lowest BCUT2D eigenvalue weighted by atomic mass is 10.1. The number of carbonyl (C=O) groups is 1. The van der Waals surface area contributed by atoms with Gasteiger partial charge in [-0.3, -0.25) is 5.32 Å². The highest BCUT2D eigenvalue weighted by Gasteiger charge is 2.31. The number of alkyl halides is 3. The van der Waals surface area contributed by atoms with E-state index < -0.39 is 6.36 Å². The highest BCUT2D eigenvalue weighted by molar-refractivity contribution is 5.87. The summed E-state index contributed by atoms with van der Waals surface area (Å²) in [6, 6.07) is 5.42. The van der Waals surface area contributed by atoms with Gasteiger partial charge in [0.05, 0.1) is 0 Å². The third-order valence-electron chi connectivity index (χ3n) is 4.21. The number of nitrogens with zero attached hydrogens (tertiary/aromatic N) is 4. The fraction of sp³-hybridized carbons (Fsp3) is 0.438. The van der Waals surface area contributed by atoms with Gasteiger partial charge in [0.25, 0.3) is 0 Å². The lowest BCUT2D eigenvalue weighted by Crippen LogP contribution is -2.34. The summed E-state index contributed by atoms with van der Waals surface area (Å²) in [7, 11) is 1.67. The van der Waals surface area contributed by atoms with E-state index in [2.05, 4.69) is 30.4 Å². The van der Waals surface area contributed by atoms with E-state index in [0.29, 0.717) is 19.0 Å². The molecule has 0 radical (unpaired) electrons. The standard InChI is InChI=1S/C16H19F3N6O2/c1-24-14(21-10-22-24)23-15(26)20-8-11-6-7-25(9-11)12-2-4-13(5-3-12)27-16(17,18)19/h2-5,10-11H,6-9H2,1H3,(H2,20,21,22,23,26). The molecular formula is C16H19F3N6O2. The molecule has 1 saturated heterocycles. The van der Waals surface area contributed by atoms with Crippen molar-refractivity contribution in [2.45, 2.75) is 12.8 Å². The summed E-state index contributed by atoms with van der Waals surface area (Å²) in [5, 5.41) is 9.26. The normalized spacial score (nSPS) is 17.0. The Morgan fingerprint density at radius 2 is 2.07 bits per heavy atom. The first kappa shape index (κ1) is 18.8. The van der Waals surface area contributed by atoms with Crippen LogP contribution in [0.15, 0.2) is 30.6 Å². The fourth-order valence-electron chi connectivity index (χ4n) is 2.88. The number of aryl methyl sites for hydroxylation is 1. The van der Waals surface area contributed by atoms with Gasteiger partial charge in [0.1, 0.15) is 12.1 Å². The Hall–Kier alpha value is -2.98. The molecule has 1 aromatic heterocycles. The van der Waals surface area contributed by atoms with Crippen molar-refractivity contribution in [2.75, 3.05) is 29.9 Å². The molecule has 2 aromatic rings. The average molecular weight is 384 g/mol. The third kappa shape index (κ3) is 5.25. The van der Waals surface area contributed by atoms with E-state index >= 15 is 0 Å². The van der Waals surface area contributed by atoms with Gasteiger partial charge < -0.3 is 15.0 Å². The molecule has 2 N–H and O–H groups in total. The molecule has 0 spiro atoms. The molecular weight excluding hydrogens is 365 g/mol. The van der Waals surface area contributed by atoms with Crippen molar-refractivity contribution in [3.63, 3.8) is 0 Å². The summed E-state index contributed by atoms with van der Waals surface area (Å²) < 4.78 is 41.9. The van der Waals surface area contributed by atoms with Crippen LogP contribution in [0, 0.1) is 5.92 Å².